The summed E-state index contributed by atoms with van der Waals surface area (Å²) in [5.41, 5.74) is 0.939. The fraction of sp³-hybridized carbons (Fsp3) is 0.808. The minimum Gasteiger partial charge on any atom is -0.453 e. The van der Waals surface area contributed by atoms with Gasteiger partial charge >= 0.3 is 5.97 Å². The molecule has 1 aliphatic heterocycles. The molecule has 2 aliphatic carbocycles. The lowest BCUT2D eigenvalue weighted by molar-refractivity contribution is -0.327. The van der Waals surface area contributed by atoms with E-state index < -0.39 is 60.9 Å². The van der Waals surface area contributed by atoms with Gasteiger partial charge < -0.3 is 34.6 Å². The van der Waals surface area contributed by atoms with Gasteiger partial charge in [-0.1, -0.05) is 39.0 Å². The van der Waals surface area contributed by atoms with Gasteiger partial charge in [0.05, 0.1) is 18.8 Å². The molecule has 0 radical (unpaired) electrons. The van der Waals surface area contributed by atoms with Crippen LogP contribution in [0.2, 0.25) is 0 Å². The largest absolute Gasteiger partial charge is 0.453 e. The Morgan fingerprint density at radius 1 is 1.24 bits per heavy atom. The first-order chi connectivity index (χ1) is 16.0. The van der Waals surface area contributed by atoms with Crippen LogP contribution in [0.5, 0.6) is 0 Å². The second-order valence-corrected chi connectivity index (χ2v) is 10.8. The molecule has 10 atom stereocenters. The van der Waals surface area contributed by atoms with Crippen molar-refractivity contribution in [1.29, 1.82) is 0 Å². The highest BCUT2D eigenvalue weighted by molar-refractivity contribution is 5.87. The summed E-state index contributed by atoms with van der Waals surface area (Å²) in [5.74, 6) is -0.412. The lowest BCUT2D eigenvalue weighted by atomic mass is 9.53. The van der Waals surface area contributed by atoms with Gasteiger partial charge in [-0.15, -0.1) is 0 Å². The topological polar surface area (TPSA) is 126 Å². The number of esters is 1. The molecule has 3 aliphatic rings. The van der Waals surface area contributed by atoms with Crippen molar-refractivity contribution in [1.82, 2.24) is 0 Å². The molecule has 194 valence electrons. The summed E-state index contributed by atoms with van der Waals surface area (Å²) >= 11 is 0. The molecule has 4 N–H and O–H groups in total. The van der Waals surface area contributed by atoms with Crippen LogP contribution in [0.4, 0.5) is 0 Å². The number of hydrogen-bond acceptors (Lipinski definition) is 8. The maximum atomic E-state index is 12.4. The average molecular weight is 483 g/mol. The molecule has 0 spiro atoms. The molecule has 34 heavy (non-hydrogen) atoms. The summed E-state index contributed by atoms with van der Waals surface area (Å²) < 4.78 is 17.7. The third-order valence-corrected chi connectivity index (χ3v) is 8.38. The van der Waals surface area contributed by atoms with Gasteiger partial charge in [0.2, 0.25) is 0 Å². The molecule has 1 heterocycles. The first-order valence-corrected chi connectivity index (χ1v) is 12.4. The van der Waals surface area contributed by atoms with E-state index in [-0.39, 0.29) is 17.8 Å². The van der Waals surface area contributed by atoms with Crippen molar-refractivity contribution in [2.75, 3.05) is 6.61 Å². The smallest absolute Gasteiger partial charge is 0.333 e. The van der Waals surface area contributed by atoms with Crippen LogP contribution in [0.3, 0.4) is 0 Å². The molecule has 10 unspecified atom stereocenters. The molecule has 2 saturated carbocycles. The highest BCUT2D eigenvalue weighted by Crippen LogP contribution is 2.56. The van der Waals surface area contributed by atoms with E-state index in [9.17, 15) is 25.2 Å². The molecule has 3 fully saturated rings. The van der Waals surface area contributed by atoms with Gasteiger partial charge in [0.25, 0.3) is 0 Å². The summed E-state index contributed by atoms with van der Waals surface area (Å²) in [6, 6.07) is 0. The van der Waals surface area contributed by atoms with Crippen LogP contribution >= 0.6 is 0 Å². The minimum absolute atomic E-state index is 0.127. The van der Waals surface area contributed by atoms with Gasteiger partial charge in [-0.3, -0.25) is 0 Å². The normalized spacial score (nSPS) is 43.5. The Bertz CT molecular complexity index is 779. The van der Waals surface area contributed by atoms with Crippen LogP contribution < -0.4 is 0 Å². The SMILES string of the molecule is C=C1CCC(O)C2(C)CCC(C(C)C)C(OC3OC(CO)C(O)C(OC(=O)C(C)=CC)C3O)C12. The number of allylic oxidation sites excluding steroid dienone is 1. The molecule has 8 nitrogen and oxygen atoms in total. The van der Waals surface area contributed by atoms with E-state index in [2.05, 4.69) is 27.4 Å². The fourth-order valence-corrected chi connectivity index (χ4v) is 5.99. The van der Waals surface area contributed by atoms with Crippen LogP contribution in [-0.4, -0.2) is 75.9 Å². The number of carbonyl (C=O) groups excluding carboxylic acids is 1. The number of ether oxygens (including phenoxy) is 3. The molecule has 0 bridgehead atoms. The Hall–Kier alpha value is -1.29. The predicted molar refractivity (Wildman–Crippen MR) is 125 cm³/mol. The van der Waals surface area contributed by atoms with Crippen molar-refractivity contribution in [2.24, 2.45) is 23.2 Å². The van der Waals surface area contributed by atoms with Crippen molar-refractivity contribution in [3.8, 4) is 0 Å². The number of aliphatic hydroxyl groups excluding tert-OH is 4. The van der Waals surface area contributed by atoms with Crippen molar-refractivity contribution in [2.45, 2.75) is 103 Å². The van der Waals surface area contributed by atoms with Gasteiger partial charge in [-0.25, -0.2) is 4.79 Å². The second-order valence-electron chi connectivity index (χ2n) is 10.8. The zero-order chi connectivity index (χ0) is 25.4. The highest BCUT2D eigenvalue weighted by atomic mass is 16.7. The second kappa shape index (κ2) is 10.8. The maximum absolute atomic E-state index is 12.4. The van der Waals surface area contributed by atoms with Gasteiger partial charge in [0.1, 0.15) is 18.3 Å². The van der Waals surface area contributed by atoms with Crippen LogP contribution in [0.15, 0.2) is 23.8 Å². The summed E-state index contributed by atoms with van der Waals surface area (Å²) in [6.45, 7) is 13.4. The van der Waals surface area contributed by atoms with Gasteiger partial charge in [-0.05, 0) is 51.4 Å². The molecule has 3 rings (SSSR count). The fourth-order valence-electron chi connectivity index (χ4n) is 5.99. The maximum Gasteiger partial charge on any atom is 0.333 e. The van der Waals surface area contributed by atoms with E-state index in [1.165, 1.54) is 0 Å². The molecule has 0 amide bonds. The minimum atomic E-state index is -1.46. The first-order valence-electron chi connectivity index (χ1n) is 12.4. The number of carbonyl (C=O) groups is 1. The summed E-state index contributed by atoms with van der Waals surface area (Å²) in [6.07, 6.45) is -2.80. The lowest BCUT2D eigenvalue weighted by Gasteiger charge is -2.56. The van der Waals surface area contributed by atoms with E-state index in [1.54, 1.807) is 19.9 Å². The monoisotopic (exact) mass is 482 g/mol. The predicted octanol–water partition coefficient (Wildman–Crippen LogP) is 2.09. The van der Waals surface area contributed by atoms with Gasteiger partial charge in [0.15, 0.2) is 12.4 Å². The van der Waals surface area contributed by atoms with Crippen LogP contribution in [0.25, 0.3) is 0 Å². The molecular formula is C26H42O8. The lowest BCUT2D eigenvalue weighted by Crippen LogP contribution is -2.63. The van der Waals surface area contributed by atoms with Crippen LogP contribution in [0.1, 0.15) is 60.3 Å². The number of fused-ring (bicyclic) bond motifs is 1. The van der Waals surface area contributed by atoms with Gasteiger partial charge in [0, 0.05) is 16.9 Å². The molecule has 0 aromatic rings. The Morgan fingerprint density at radius 3 is 2.50 bits per heavy atom. The van der Waals surface area contributed by atoms with E-state index in [0.29, 0.717) is 18.4 Å². The molecule has 1 saturated heterocycles. The van der Waals surface area contributed by atoms with E-state index in [0.717, 1.165) is 18.4 Å². The van der Waals surface area contributed by atoms with E-state index in [1.807, 2.05) is 0 Å². The summed E-state index contributed by atoms with van der Waals surface area (Å²) in [7, 11) is 0. The van der Waals surface area contributed by atoms with Crippen molar-refractivity contribution in [3.63, 3.8) is 0 Å². The molecular weight excluding hydrogens is 440 g/mol. The van der Waals surface area contributed by atoms with Crippen LogP contribution in [-0.2, 0) is 19.0 Å². The van der Waals surface area contributed by atoms with E-state index in [4.69, 9.17) is 14.2 Å². The van der Waals surface area contributed by atoms with Gasteiger partial charge in [-0.2, -0.15) is 0 Å². The first kappa shape index (κ1) is 27.3. The summed E-state index contributed by atoms with van der Waals surface area (Å²) in [4.78, 5) is 12.4. The molecule has 0 aromatic carbocycles. The number of aliphatic hydroxyl groups is 4. The zero-order valence-electron chi connectivity index (χ0n) is 21.0. The zero-order valence-corrected chi connectivity index (χ0v) is 21.0. The van der Waals surface area contributed by atoms with Crippen molar-refractivity contribution >= 4 is 5.97 Å². The molecule has 8 heteroatoms. The standard InChI is InChI=1S/C26H42O8/c1-7-14(4)24(31)33-23-20(29)17(12-27)32-25(21(23)30)34-22-16(13(2)3)10-11-26(6)18(28)9-8-15(5)19(22)26/h7,13,16-23,25,27-30H,5,8-12H2,1-4,6H3. The third kappa shape index (κ3) is 4.99. The third-order valence-electron chi connectivity index (χ3n) is 8.38. The quantitative estimate of drug-likeness (QED) is 0.258. The Balaban J connectivity index is 1.91. The van der Waals surface area contributed by atoms with Crippen LogP contribution in [0, 0.1) is 23.2 Å². The summed E-state index contributed by atoms with van der Waals surface area (Å²) in [5, 5.41) is 42.4. The average Bonchev–Trinajstić information content (AvgIpc) is 2.80. The van der Waals surface area contributed by atoms with E-state index >= 15 is 0 Å². The van der Waals surface area contributed by atoms with Crippen molar-refractivity contribution < 1.29 is 39.4 Å². The number of hydrogen-bond donors (Lipinski definition) is 4. The Kier molecular flexibility index (Phi) is 8.64. The Labute approximate surface area is 202 Å². The highest BCUT2D eigenvalue weighted by Gasteiger charge is 2.56. The number of rotatable bonds is 6. The Morgan fingerprint density at radius 2 is 1.91 bits per heavy atom. The van der Waals surface area contributed by atoms with Crippen molar-refractivity contribution in [3.05, 3.63) is 23.8 Å². The molecule has 0 aromatic heterocycles.